The lowest BCUT2D eigenvalue weighted by atomic mass is 10.0. The second-order valence-electron chi connectivity index (χ2n) is 4.58. The van der Waals surface area contributed by atoms with Gasteiger partial charge in [-0.05, 0) is 37.1 Å². The molecule has 0 saturated carbocycles. The number of halogens is 2. The molecule has 0 aliphatic heterocycles. The molecule has 4 heteroatoms. The number of hydrogen-bond acceptors (Lipinski definition) is 2. The van der Waals surface area contributed by atoms with Gasteiger partial charge in [-0.3, -0.25) is 0 Å². The maximum atomic E-state index is 6.18. The third kappa shape index (κ3) is 3.14. The van der Waals surface area contributed by atoms with Crippen LogP contribution < -0.4 is 11.1 Å². The smallest absolute Gasteiger partial charge is 0.0725 e. The summed E-state index contributed by atoms with van der Waals surface area (Å²) in [6.45, 7) is 4.16. The van der Waals surface area contributed by atoms with E-state index in [9.17, 15) is 0 Å². The number of aryl methyl sites for hydroxylation is 1. The first-order chi connectivity index (χ1) is 8.99. The van der Waals surface area contributed by atoms with Gasteiger partial charge in [0.2, 0.25) is 0 Å². The van der Waals surface area contributed by atoms with Crippen molar-refractivity contribution in [1.82, 2.24) is 0 Å². The van der Waals surface area contributed by atoms with Crippen molar-refractivity contribution in [3.63, 3.8) is 0 Å². The van der Waals surface area contributed by atoms with Crippen LogP contribution in [0, 0.1) is 6.92 Å². The van der Waals surface area contributed by atoms with Crippen LogP contribution in [0.25, 0.3) is 0 Å². The molecular formula is C15H16Cl2N2. The molecular weight excluding hydrogens is 279 g/mol. The van der Waals surface area contributed by atoms with Crippen molar-refractivity contribution in [2.24, 2.45) is 0 Å². The molecule has 0 radical (unpaired) electrons. The number of anilines is 2. The van der Waals surface area contributed by atoms with E-state index in [1.807, 2.05) is 12.1 Å². The molecule has 2 aromatic rings. The molecule has 19 heavy (non-hydrogen) atoms. The van der Waals surface area contributed by atoms with Crippen LogP contribution in [-0.4, -0.2) is 0 Å². The Bertz CT molecular complexity index is 573. The summed E-state index contributed by atoms with van der Waals surface area (Å²) < 4.78 is 0. The van der Waals surface area contributed by atoms with Gasteiger partial charge in [0.1, 0.15) is 0 Å². The molecule has 0 aliphatic carbocycles. The van der Waals surface area contributed by atoms with Crippen molar-refractivity contribution in [3.8, 4) is 0 Å². The van der Waals surface area contributed by atoms with Gasteiger partial charge in [-0.25, -0.2) is 0 Å². The van der Waals surface area contributed by atoms with Crippen LogP contribution in [0.3, 0.4) is 0 Å². The molecule has 0 spiro atoms. The van der Waals surface area contributed by atoms with Crippen molar-refractivity contribution in [2.45, 2.75) is 19.9 Å². The minimum Gasteiger partial charge on any atom is -0.399 e. The first kappa shape index (κ1) is 14.0. The minimum absolute atomic E-state index is 0.111. The molecule has 0 fully saturated rings. The zero-order valence-electron chi connectivity index (χ0n) is 10.9. The number of nitrogen functional groups attached to an aromatic ring is 1. The van der Waals surface area contributed by atoms with Crippen LogP contribution in [-0.2, 0) is 0 Å². The lowest BCUT2D eigenvalue weighted by Crippen LogP contribution is -2.09. The molecule has 1 atom stereocenters. The van der Waals surface area contributed by atoms with E-state index < -0.39 is 0 Å². The molecule has 100 valence electrons. The lowest BCUT2D eigenvalue weighted by Gasteiger charge is -2.20. The summed E-state index contributed by atoms with van der Waals surface area (Å²) in [5.41, 5.74) is 9.41. The average molecular weight is 295 g/mol. The van der Waals surface area contributed by atoms with E-state index in [1.165, 1.54) is 11.1 Å². The van der Waals surface area contributed by atoms with Crippen LogP contribution in [0.15, 0.2) is 36.4 Å². The van der Waals surface area contributed by atoms with E-state index in [4.69, 9.17) is 28.9 Å². The van der Waals surface area contributed by atoms with Crippen molar-refractivity contribution >= 4 is 34.6 Å². The van der Waals surface area contributed by atoms with Crippen molar-refractivity contribution in [1.29, 1.82) is 0 Å². The Morgan fingerprint density at radius 1 is 1.11 bits per heavy atom. The Labute approximate surface area is 123 Å². The number of nitrogens with one attached hydrogen (secondary N) is 1. The third-order valence-electron chi connectivity index (χ3n) is 3.08. The highest BCUT2D eigenvalue weighted by molar-refractivity contribution is 6.39. The normalized spacial score (nSPS) is 12.2. The summed E-state index contributed by atoms with van der Waals surface area (Å²) in [6, 6.07) is 11.7. The SMILES string of the molecule is Cc1ccccc1C(C)Nc1c(Cl)cc(N)cc1Cl. The summed E-state index contributed by atoms with van der Waals surface area (Å²) in [7, 11) is 0. The fourth-order valence-corrected chi connectivity index (χ4v) is 2.71. The standard InChI is InChI=1S/C15H16Cl2N2/c1-9-5-3-4-6-12(9)10(2)19-15-13(16)7-11(18)8-14(15)17/h3-8,10,19H,18H2,1-2H3. The molecule has 0 aromatic heterocycles. The van der Waals surface area contributed by atoms with Crippen molar-refractivity contribution in [3.05, 3.63) is 57.6 Å². The fraction of sp³-hybridized carbons (Fsp3) is 0.200. The Kier molecular flexibility index (Phi) is 4.23. The van der Waals surface area contributed by atoms with Gasteiger partial charge in [-0.1, -0.05) is 47.5 Å². The number of hydrogen-bond donors (Lipinski definition) is 2. The second-order valence-corrected chi connectivity index (χ2v) is 5.40. The molecule has 3 N–H and O–H groups in total. The number of benzene rings is 2. The lowest BCUT2D eigenvalue weighted by molar-refractivity contribution is 0.874. The molecule has 0 heterocycles. The van der Waals surface area contributed by atoms with E-state index in [0.717, 1.165) is 0 Å². The molecule has 0 aliphatic rings. The van der Waals surface area contributed by atoms with Gasteiger partial charge >= 0.3 is 0 Å². The van der Waals surface area contributed by atoms with Gasteiger partial charge in [0, 0.05) is 11.7 Å². The highest BCUT2D eigenvalue weighted by Gasteiger charge is 2.13. The fourth-order valence-electron chi connectivity index (χ4n) is 2.10. The van der Waals surface area contributed by atoms with Crippen molar-refractivity contribution in [2.75, 3.05) is 11.1 Å². The van der Waals surface area contributed by atoms with E-state index in [1.54, 1.807) is 12.1 Å². The maximum Gasteiger partial charge on any atom is 0.0725 e. The van der Waals surface area contributed by atoms with Gasteiger partial charge in [-0.2, -0.15) is 0 Å². The van der Waals surface area contributed by atoms with Crippen LogP contribution >= 0.6 is 23.2 Å². The molecule has 0 saturated heterocycles. The monoisotopic (exact) mass is 294 g/mol. The molecule has 2 rings (SSSR count). The minimum atomic E-state index is 0.111. The quantitative estimate of drug-likeness (QED) is 0.777. The Morgan fingerprint density at radius 2 is 1.68 bits per heavy atom. The van der Waals surface area contributed by atoms with Gasteiger partial charge in [0.15, 0.2) is 0 Å². The largest absolute Gasteiger partial charge is 0.399 e. The topological polar surface area (TPSA) is 38.0 Å². The summed E-state index contributed by atoms with van der Waals surface area (Å²) >= 11 is 12.4. The Morgan fingerprint density at radius 3 is 2.26 bits per heavy atom. The second kappa shape index (κ2) is 5.72. The van der Waals surface area contributed by atoms with Gasteiger partial charge < -0.3 is 11.1 Å². The average Bonchev–Trinajstić information content (AvgIpc) is 2.34. The summed E-state index contributed by atoms with van der Waals surface area (Å²) in [6.07, 6.45) is 0. The zero-order chi connectivity index (χ0) is 14.0. The van der Waals surface area contributed by atoms with E-state index in [-0.39, 0.29) is 6.04 Å². The van der Waals surface area contributed by atoms with Gasteiger partial charge in [-0.15, -0.1) is 0 Å². The summed E-state index contributed by atoms with van der Waals surface area (Å²) in [4.78, 5) is 0. The first-order valence-electron chi connectivity index (χ1n) is 6.05. The van der Waals surface area contributed by atoms with Crippen LogP contribution in [0.2, 0.25) is 10.0 Å². The highest BCUT2D eigenvalue weighted by Crippen LogP contribution is 2.35. The Balaban J connectivity index is 2.29. The highest BCUT2D eigenvalue weighted by atomic mass is 35.5. The first-order valence-corrected chi connectivity index (χ1v) is 6.81. The van der Waals surface area contributed by atoms with Gasteiger partial charge in [0.05, 0.1) is 15.7 Å². The molecule has 0 amide bonds. The predicted molar refractivity (Wildman–Crippen MR) is 84.1 cm³/mol. The summed E-state index contributed by atoms with van der Waals surface area (Å²) in [5.74, 6) is 0. The Hall–Kier alpha value is -1.38. The molecule has 1 unspecified atom stereocenters. The summed E-state index contributed by atoms with van der Waals surface area (Å²) in [5, 5.41) is 4.41. The van der Waals surface area contributed by atoms with Crippen molar-refractivity contribution < 1.29 is 0 Å². The van der Waals surface area contributed by atoms with E-state index >= 15 is 0 Å². The van der Waals surface area contributed by atoms with E-state index in [0.29, 0.717) is 21.4 Å². The van der Waals surface area contributed by atoms with Crippen LogP contribution in [0.4, 0.5) is 11.4 Å². The molecule has 2 nitrogen and oxygen atoms in total. The molecule has 0 bridgehead atoms. The zero-order valence-corrected chi connectivity index (χ0v) is 12.4. The van der Waals surface area contributed by atoms with Gasteiger partial charge in [0.25, 0.3) is 0 Å². The van der Waals surface area contributed by atoms with E-state index in [2.05, 4.69) is 31.3 Å². The third-order valence-corrected chi connectivity index (χ3v) is 3.68. The predicted octanol–water partition coefficient (Wildman–Crippen LogP) is 5.06. The number of rotatable bonds is 3. The maximum absolute atomic E-state index is 6.18. The van der Waals surface area contributed by atoms with Crippen LogP contribution in [0.1, 0.15) is 24.1 Å². The number of nitrogens with two attached hydrogens (primary N) is 1. The van der Waals surface area contributed by atoms with Crippen LogP contribution in [0.5, 0.6) is 0 Å². The molecule has 2 aromatic carbocycles.